The lowest BCUT2D eigenvalue weighted by atomic mass is 10.3. The van der Waals surface area contributed by atoms with Crippen LogP contribution in [0.4, 0.5) is 0 Å². The number of imide groups is 1. The molecule has 10 heavy (non-hydrogen) atoms. The number of hydrogen-bond donors (Lipinski definition) is 1. The Morgan fingerprint density at radius 3 is 2.40 bits per heavy atom. The number of hydrogen-bond acceptors (Lipinski definition) is 3. The summed E-state index contributed by atoms with van der Waals surface area (Å²) in [7, 11) is 1.52. The Morgan fingerprint density at radius 2 is 2.20 bits per heavy atom. The monoisotopic (exact) mass is 140 g/mol. The van der Waals surface area contributed by atoms with Crippen LogP contribution in [0.25, 0.3) is 0 Å². The van der Waals surface area contributed by atoms with E-state index in [-0.39, 0.29) is 18.2 Å². The Morgan fingerprint density at radius 1 is 1.60 bits per heavy atom. The number of rotatable bonds is 1. The molecule has 1 heterocycles. The standard InChI is InChI=1S/C6H8N2O2/c1-4-3-5(9)8(7-2)6(4)10/h7H,1,3H2,2H3. The molecule has 0 saturated carbocycles. The molecule has 0 atom stereocenters. The summed E-state index contributed by atoms with van der Waals surface area (Å²) in [4.78, 5) is 21.7. The topological polar surface area (TPSA) is 49.4 Å². The van der Waals surface area contributed by atoms with Gasteiger partial charge in [0.2, 0.25) is 5.91 Å². The molecule has 4 nitrogen and oxygen atoms in total. The Labute approximate surface area is 58.5 Å². The Hall–Kier alpha value is -1.16. The molecule has 0 aliphatic carbocycles. The van der Waals surface area contributed by atoms with Crippen molar-refractivity contribution in [3.63, 3.8) is 0 Å². The van der Waals surface area contributed by atoms with Gasteiger partial charge in [-0.05, 0) is 0 Å². The molecule has 1 fully saturated rings. The second-order valence-electron chi connectivity index (χ2n) is 2.04. The highest BCUT2D eigenvalue weighted by Gasteiger charge is 2.31. The summed E-state index contributed by atoms with van der Waals surface area (Å²) in [5.74, 6) is -0.565. The molecule has 1 saturated heterocycles. The van der Waals surface area contributed by atoms with E-state index in [0.29, 0.717) is 5.57 Å². The van der Waals surface area contributed by atoms with Crippen molar-refractivity contribution in [2.45, 2.75) is 6.42 Å². The molecular formula is C6H8N2O2. The van der Waals surface area contributed by atoms with Crippen LogP contribution < -0.4 is 5.43 Å². The Balaban J connectivity index is 2.84. The third kappa shape index (κ3) is 0.823. The molecule has 1 aliphatic rings. The van der Waals surface area contributed by atoms with E-state index in [1.165, 1.54) is 7.05 Å². The third-order valence-electron chi connectivity index (χ3n) is 1.34. The van der Waals surface area contributed by atoms with Crippen LogP contribution in [0.3, 0.4) is 0 Å². The average molecular weight is 140 g/mol. The van der Waals surface area contributed by atoms with E-state index in [0.717, 1.165) is 5.01 Å². The summed E-state index contributed by atoms with van der Waals surface area (Å²) in [6, 6.07) is 0. The van der Waals surface area contributed by atoms with Gasteiger partial charge >= 0.3 is 0 Å². The van der Waals surface area contributed by atoms with Gasteiger partial charge in [0.1, 0.15) is 0 Å². The second kappa shape index (κ2) is 2.22. The van der Waals surface area contributed by atoms with Crippen LogP contribution in [0, 0.1) is 0 Å². The fourth-order valence-corrected chi connectivity index (χ4v) is 0.835. The molecule has 0 aromatic rings. The SMILES string of the molecule is C=C1CC(=O)N(NC)C1=O. The van der Waals surface area contributed by atoms with E-state index in [4.69, 9.17) is 0 Å². The molecule has 0 aromatic carbocycles. The van der Waals surface area contributed by atoms with Gasteiger partial charge in [-0.2, -0.15) is 0 Å². The number of hydrazine groups is 1. The molecular weight excluding hydrogens is 132 g/mol. The molecule has 1 N–H and O–H groups in total. The first kappa shape index (κ1) is 6.95. The molecule has 0 radical (unpaired) electrons. The van der Waals surface area contributed by atoms with Gasteiger partial charge < -0.3 is 0 Å². The number of carbonyl (C=O) groups excluding carboxylic acids is 2. The predicted octanol–water partition coefficient (Wildman–Crippen LogP) is -0.564. The molecule has 0 unspecified atom stereocenters. The molecule has 54 valence electrons. The lowest BCUT2D eigenvalue weighted by molar-refractivity contribution is -0.140. The largest absolute Gasteiger partial charge is 0.273 e. The highest BCUT2D eigenvalue weighted by atomic mass is 16.2. The Bertz CT molecular complexity index is 210. The van der Waals surface area contributed by atoms with Gasteiger partial charge in [0, 0.05) is 12.6 Å². The molecule has 0 spiro atoms. The molecule has 0 bridgehead atoms. The Kier molecular flexibility index (Phi) is 1.55. The first-order valence-electron chi connectivity index (χ1n) is 2.89. The van der Waals surface area contributed by atoms with Crippen molar-refractivity contribution in [1.82, 2.24) is 10.4 Å². The van der Waals surface area contributed by atoms with Gasteiger partial charge in [0.05, 0.1) is 6.42 Å². The first-order valence-corrected chi connectivity index (χ1v) is 2.89. The van der Waals surface area contributed by atoms with Crippen LogP contribution in [-0.4, -0.2) is 23.9 Å². The minimum absolute atomic E-state index is 0.139. The maximum Gasteiger partial charge on any atom is 0.270 e. The normalized spacial score (nSPS) is 18.9. The van der Waals surface area contributed by atoms with Crippen LogP contribution >= 0.6 is 0 Å². The molecule has 4 heteroatoms. The zero-order valence-corrected chi connectivity index (χ0v) is 5.68. The average Bonchev–Trinajstić information content (AvgIpc) is 2.09. The lowest BCUT2D eigenvalue weighted by Crippen LogP contribution is -2.39. The van der Waals surface area contributed by atoms with Crippen LogP contribution in [0.5, 0.6) is 0 Å². The van der Waals surface area contributed by atoms with Gasteiger partial charge in [-0.15, -0.1) is 0 Å². The summed E-state index contributed by atoms with van der Waals surface area (Å²) < 4.78 is 0. The summed E-state index contributed by atoms with van der Waals surface area (Å²) in [6.07, 6.45) is 0.139. The van der Waals surface area contributed by atoms with E-state index < -0.39 is 0 Å². The van der Waals surface area contributed by atoms with E-state index >= 15 is 0 Å². The van der Waals surface area contributed by atoms with Gasteiger partial charge in [-0.3, -0.25) is 9.59 Å². The summed E-state index contributed by atoms with van der Waals surface area (Å²) in [6.45, 7) is 3.43. The summed E-state index contributed by atoms with van der Waals surface area (Å²) >= 11 is 0. The smallest absolute Gasteiger partial charge is 0.270 e. The van der Waals surface area contributed by atoms with Gasteiger partial charge in [-0.1, -0.05) is 6.58 Å². The molecule has 0 aromatic heterocycles. The number of carbonyl (C=O) groups is 2. The molecule has 1 rings (SSSR count). The summed E-state index contributed by atoms with van der Waals surface area (Å²) in [5, 5.41) is 0.961. The maximum absolute atomic E-state index is 10.9. The van der Waals surface area contributed by atoms with Gasteiger partial charge in [0.15, 0.2) is 0 Å². The first-order chi connectivity index (χ1) is 4.66. The van der Waals surface area contributed by atoms with E-state index in [9.17, 15) is 9.59 Å². The zero-order chi connectivity index (χ0) is 7.72. The minimum Gasteiger partial charge on any atom is -0.273 e. The van der Waals surface area contributed by atoms with Crippen molar-refractivity contribution in [2.24, 2.45) is 0 Å². The van der Waals surface area contributed by atoms with Crippen LogP contribution in [0.15, 0.2) is 12.2 Å². The molecule has 1 aliphatic heterocycles. The van der Waals surface area contributed by atoms with Gasteiger partial charge in [-0.25, -0.2) is 10.4 Å². The number of amides is 2. The van der Waals surface area contributed by atoms with E-state index in [2.05, 4.69) is 12.0 Å². The fourth-order valence-electron chi connectivity index (χ4n) is 0.835. The number of nitrogens with one attached hydrogen (secondary N) is 1. The zero-order valence-electron chi connectivity index (χ0n) is 5.68. The van der Waals surface area contributed by atoms with Crippen molar-refractivity contribution in [1.29, 1.82) is 0 Å². The number of nitrogens with zero attached hydrogens (tertiary/aromatic N) is 1. The van der Waals surface area contributed by atoms with Crippen molar-refractivity contribution in [3.8, 4) is 0 Å². The minimum atomic E-state index is -0.326. The van der Waals surface area contributed by atoms with Crippen molar-refractivity contribution >= 4 is 11.8 Å². The van der Waals surface area contributed by atoms with E-state index in [1.807, 2.05) is 0 Å². The predicted molar refractivity (Wildman–Crippen MR) is 34.7 cm³/mol. The van der Waals surface area contributed by atoms with Crippen LogP contribution in [-0.2, 0) is 9.59 Å². The quantitative estimate of drug-likeness (QED) is 0.392. The van der Waals surface area contributed by atoms with Crippen LogP contribution in [0.1, 0.15) is 6.42 Å². The second-order valence-corrected chi connectivity index (χ2v) is 2.04. The van der Waals surface area contributed by atoms with Crippen molar-refractivity contribution in [3.05, 3.63) is 12.2 Å². The lowest BCUT2D eigenvalue weighted by Gasteiger charge is -2.09. The highest BCUT2D eigenvalue weighted by Crippen LogP contribution is 2.13. The summed E-state index contributed by atoms with van der Waals surface area (Å²) in [5.41, 5.74) is 2.81. The fraction of sp³-hybridized carbons (Fsp3) is 0.333. The van der Waals surface area contributed by atoms with Crippen molar-refractivity contribution in [2.75, 3.05) is 7.05 Å². The van der Waals surface area contributed by atoms with Crippen molar-refractivity contribution < 1.29 is 9.59 Å². The maximum atomic E-state index is 10.9. The van der Waals surface area contributed by atoms with E-state index in [1.54, 1.807) is 0 Å². The van der Waals surface area contributed by atoms with Gasteiger partial charge in [0.25, 0.3) is 5.91 Å². The highest BCUT2D eigenvalue weighted by molar-refractivity contribution is 6.12. The van der Waals surface area contributed by atoms with Crippen LogP contribution in [0.2, 0.25) is 0 Å². The third-order valence-corrected chi connectivity index (χ3v) is 1.34. The molecule has 2 amide bonds.